The molecule has 0 unspecified atom stereocenters. The summed E-state index contributed by atoms with van der Waals surface area (Å²) in [6.45, 7) is 5.01. The number of benzene rings is 1. The Morgan fingerprint density at radius 3 is 2.79 bits per heavy atom. The van der Waals surface area contributed by atoms with E-state index in [-0.39, 0.29) is 18.0 Å². The molecule has 6 heteroatoms. The van der Waals surface area contributed by atoms with Crippen LogP contribution in [0.1, 0.15) is 26.2 Å². The molecule has 1 atom stereocenters. The molecule has 1 fully saturated rings. The maximum Gasteiger partial charge on any atom is 0.261 e. The third-order valence-electron chi connectivity index (χ3n) is 4.71. The van der Waals surface area contributed by atoms with Crippen LogP contribution in [0.5, 0.6) is 0 Å². The first-order chi connectivity index (χ1) is 11.7. The summed E-state index contributed by atoms with van der Waals surface area (Å²) in [4.78, 5) is 31.3. The molecule has 1 aliphatic heterocycles. The fraction of sp³-hybridized carbons (Fsp3) is 0.500. The first-order valence-corrected chi connectivity index (χ1v) is 8.64. The topological polar surface area (TPSA) is 67.2 Å². The standard InChI is InChI=1S/C18H24N4O2/c1-2-14(21-9-5-6-10-21)11-19-17(23)12-22-13-20-16-8-4-3-7-15(16)18(22)24/h3-4,7-8,13-14H,2,5-6,9-12H2,1H3,(H,19,23)/t14-/m0/s1. The number of aromatic nitrogens is 2. The highest BCUT2D eigenvalue weighted by molar-refractivity contribution is 5.78. The summed E-state index contributed by atoms with van der Waals surface area (Å²) in [5.74, 6) is -0.146. The van der Waals surface area contributed by atoms with Gasteiger partial charge in [0.25, 0.3) is 5.56 Å². The fourth-order valence-corrected chi connectivity index (χ4v) is 3.30. The van der Waals surface area contributed by atoms with Gasteiger partial charge in [0.1, 0.15) is 6.54 Å². The van der Waals surface area contributed by atoms with Gasteiger partial charge in [0, 0.05) is 12.6 Å². The zero-order chi connectivity index (χ0) is 16.9. The van der Waals surface area contributed by atoms with Gasteiger partial charge in [0.05, 0.1) is 17.2 Å². The number of rotatable bonds is 6. The minimum atomic E-state index is -0.178. The molecule has 1 aromatic heterocycles. The Balaban J connectivity index is 1.62. The van der Waals surface area contributed by atoms with Gasteiger partial charge in [-0.05, 0) is 44.5 Å². The largest absolute Gasteiger partial charge is 0.353 e. The molecule has 24 heavy (non-hydrogen) atoms. The molecular weight excluding hydrogens is 304 g/mol. The van der Waals surface area contributed by atoms with Gasteiger partial charge in [-0.3, -0.25) is 19.1 Å². The fourth-order valence-electron chi connectivity index (χ4n) is 3.30. The smallest absolute Gasteiger partial charge is 0.261 e. The Morgan fingerprint density at radius 1 is 1.29 bits per heavy atom. The van der Waals surface area contributed by atoms with Crippen molar-refractivity contribution in [2.45, 2.75) is 38.8 Å². The van der Waals surface area contributed by atoms with Crippen molar-refractivity contribution >= 4 is 16.8 Å². The number of hydrogen-bond donors (Lipinski definition) is 1. The molecule has 1 saturated heterocycles. The lowest BCUT2D eigenvalue weighted by Crippen LogP contribution is -2.43. The molecule has 2 aromatic rings. The van der Waals surface area contributed by atoms with Crippen molar-refractivity contribution in [3.8, 4) is 0 Å². The van der Waals surface area contributed by atoms with Gasteiger partial charge in [-0.15, -0.1) is 0 Å². The summed E-state index contributed by atoms with van der Waals surface area (Å²) in [5, 5.41) is 3.50. The first-order valence-electron chi connectivity index (χ1n) is 8.64. The highest BCUT2D eigenvalue weighted by Gasteiger charge is 2.20. The molecule has 0 radical (unpaired) electrons. The molecule has 0 saturated carbocycles. The number of hydrogen-bond acceptors (Lipinski definition) is 4. The van der Waals surface area contributed by atoms with Crippen LogP contribution in [0.25, 0.3) is 10.9 Å². The maximum atomic E-state index is 12.4. The number of para-hydroxylation sites is 1. The number of fused-ring (bicyclic) bond motifs is 1. The lowest BCUT2D eigenvalue weighted by atomic mass is 10.2. The molecule has 1 aliphatic rings. The number of nitrogens with zero attached hydrogens (tertiary/aromatic N) is 3. The third kappa shape index (κ3) is 3.64. The molecule has 1 amide bonds. The van der Waals surface area contributed by atoms with E-state index in [1.165, 1.54) is 23.7 Å². The third-order valence-corrected chi connectivity index (χ3v) is 4.71. The number of carbonyl (C=O) groups excluding carboxylic acids is 1. The molecule has 128 valence electrons. The van der Waals surface area contributed by atoms with Crippen LogP contribution in [-0.2, 0) is 11.3 Å². The number of amides is 1. The summed E-state index contributed by atoms with van der Waals surface area (Å²) in [5.41, 5.74) is 0.474. The normalized spacial score (nSPS) is 16.4. The van der Waals surface area contributed by atoms with Gasteiger partial charge >= 0.3 is 0 Å². The highest BCUT2D eigenvalue weighted by atomic mass is 16.2. The van der Waals surface area contributed by atoms with E-state index in [1.807, 2.05) is 6.07 Å². The molecule has 2 heterocycles. The van der Waals surface area contributed by atoms with E-state index in [9.17, 15) is 9.59 Å². The summed E-state index contributed by atoms with van der Waals surface area (Å²) >= 11 is 0. The van der Waals surface area contributed by atoms with Crippen LogP contribution in [0.4, 0.5) is 0 Å². The molecule has 0 aliphatic carbocycles. The lowest BCUT2D eigenvalue weighted by molar-refractivity contribution is -0.122. The molecule has 1 N–H and O–H groups in total. The summed E-state index contributed by atoms with van der Waals surface area (Å²) in [6.07, 6.45) is 4.94. The molecule has 3 rings (SSSR count). The van der Waals surface area contributed by atoms with Crippen molar-refractivity contribution in [1.82, 2.24) is 19.8 Å². The van der Waals surface area contributed by atoms with Gasteiger partial charge in [0.15, 0.2) is 0 Å². The Hall–Kier alpha value is -2.21. The second-order valence-corrected chi connectivity index (χ2v) is 6.30. The van der Waals surface area contributed by atoms with E-state index in [4.69, 9.17) is 0 Å². The average Bonchev–Trinajstić information content (AvgIpc) is 3.13. The van der Waals surface area contributed by atoms with E-state index in [2.05, 4.69) is 22.1 Å². The van der Waals surface area contributed by atoms with Crippen LogP contribution in [0.15, 0.2) is 35.4 Å². The van der Waals surface area contributed by atoms with Gasteiger partial charge in [-0.2, -0.15) is 0 Å². The van der Waals surface area contributed by atoms with Gasteiger partial charge in [-0.25, -0.2) is 4.98 Å². The van der Waals surface area contributed by atoms with Gasteiger partial charge in [-0.1, -0.05) is 19.1 Å². The van der Waals surface area contributed by atoms with Crippen LogP contribution in [0.2, 0.25) is 0 Å². The number of likely N-dealkylation sites (tertiary alicyclic amines) is 1. The summed E-state index contributed by atoms with van der Waals surface area (Å²) in [7, 11) is 0. The first kappa shape index (κ1) is 16.6. The van der Waals surface area contributed by atoms with Crippen LogP contribution in [0, 0.1) is 0 Å². The average molecular weight is 328 g/mol. The summed E-state index contributed by atoms with van der Waals surface area (Å²) in [6, 6.07) is 7.55. The second kappa shape index (κ2) is 7.57. The molecule has 1 aromatic carbocycles. The van der Waals surface area contributed by atoms with Crippen molar-refractivity contribution in [3.05, 3.63) is 40.9 Å². The molecular formula is C18H24N4O2. The van der Waals surface area contributed by atoms with Crippen molar-refractivity contribution in [3.63, 3.8) is 0 Å². The van der Waals surface area contributed by atoms with Crippen molar-refractivity contribution < 1.29 is 4.79 Å². The van der Waals surface area contributed by atoms with Crippen LogP contribution >= 0.6 is 0 Å². The zero-order valence-electron chi connectivity index (χ0n) is 14.1. The SMILES string of the molecule is CC[C@@H](CNC(=O)Cn1cnc2ccccc2c1=O)N1CCCC1. The minimum Gasteiger partial charge on any atom is -0.353 e. The molecule has 6 nitrogen and oxygen atoms in total. The Morgan fingerprint density at radius 2 is 2.04 bits per heavy atom. The van der Waals surface area contributed by atoms with E-state index < -0.39 is 0 Å². The van der Waals surface area contributed by atoms with E-state index >= 15 is 0 Å². The monoisotopic (exact) mass is 328 g/mol. The molecule has 0 bridgehead atoms. The Kier molecular flexibility index (Phi) is 5.25. The highest BCUT2D eigenvalue weighted by Crippen LogP contribution is 2.13. The van der Waals surface area contributed by atoms with E-state index in [0.29, 0.717) is 23.5 Å². The zero-order valence-corrected chi connectivity index (χ0v) is 14.1. The van der Waals surface area contributed by atoms with E-state index in [0.717, 1.165) is 19.5 Å². The minimum absolute atomic E-state index is 0.00705. The molecule has 0 spiro atoms. The predicted octanol–water partition coefficient (Wildman–Crippen LogP) is 1.39. The van der Waals surface area contributed by atoms with Crippen molar-refractivity contribution in [2.75, 3.05) is 19.6 Å². The maximum absolute atomic E-state index is 12.4. The predicted molar refractivity (Wildman–Crippen MR) is 93.9 cm³/mol. The van der Waals surface area contributed by atoms with Crippen molar-refractivity contribution in [1.29, 1.82) is 0 Å². The van der Waals surface area contributed by atoms with Crippen LogP contribution in [-0.4, -0.2) is 46.0 Å². The van der Waals surface area contributed by atoms with Crippen LogP contribution in [0.3, 0.4) is 0 Å². The lowest BCUT2D eigenvalue weighted by Gasteiger charge is -2.26. The van der Waals surface area contributed by atoms with Gasteiger partial charge < -0.3 is 5.32 Å². The quantitative estimate of drug-likeness (QED) is 0.870. The summed E-state index contributed by atoms with van der Waals surface area (Å²) < 4.78 is 1.37. The van der Waals surface area contributed by atoms with Crippen molar-refractivity contribution in [2.24, 2.45) is 0 Å². The number of nitrogens with one attached hydrogen (secondary N) is 1. The second-order valence-electron chi connectivity index (χ2n) is 6.30. The Labute approximate surface area is 141 Å². The van der Waals surface area contributed by atoms with Gasteiger partial charge in [0.2, 0.25) is 5.91 Å². The Bertz CT molecular complexity index is 765. The van der Waals surface area contributed by atoms with Crippen LogP contribution < -0.4 is 10.9 Å². The number of carbonyl (C=O) groups is 1. The van der Waals surface area contributed by atoms with E-state index in [1.54, 1.807) is 18.2 Å².